The smallest absolute Gasteiger partial charge is 0.258 e. The molecule has 2 aromatic heterocycles. The molecule has 8 N–H and O–H groups in total. The van der Waals surface area contributed by atoms with E-state index in [1.54, 1.807) is 67.7 Å². The summed E-state index contributed by atoms with van der Waals surface area (Å²) in [6, 6.07) is 26.1. The summed E-state index contributed by atoms with van der Waals surface area (Å²) in [5.41, 5.74) is -0.784. The van der Waals surface area contributed by atoms with E-state index in [0.29, 0.717) is 112 Å². The Morgan fingerprint density at radius 2 is 1.58 bits per heavy atom. The molecule has 5 saturated heterocycles. The number of aliphatic hydroxyl groups excluding tert-OH is 1. The number of nitrogens with one attached hydrogen (secondary N) is 5. The van der Waals surface area contributed by atoms with Crippen molar-refractivity contribution in [2.45, 2.75) is 152 Å². The van der Waals surface area contributed by atoms with E-state index in [9.17, 15) is 53.7 Å². The summed E-state index contributed by atoms with van der Waals surface area (Å²) in [5, 5.41) is 47.8. The Hall–Kier alpha value is -9.50. The van der Waals surface area contributed by atoms with Gasteiger partial charge >= 0.3 is 0 Å². The quantitative estimate of drug-likeness (QED) is 0.0131. The molecule has 4 aliphatic carbocycles. The molecule has 26 nitrogen and oxygen atoms in total. The summed E-state index contributed by atoms with van der Waals surface area (Å²) in [4.78, 5) is 119. The van der Waals surface area contributed by atoms with Gasteiger partial charge in [0.15, 0.2) is 11.5 Å². The van der Waals surface area contributed by atoms with Crippen LogP contribution in [-0.4, -0.2) is 201 Å². The number of nitrogens with zero attached hydrogens (tertiary/aromatic N) is 6. The lowest BCUT2D eigenvalue weighted by molar-refractivity contribution is -0.219. The second kappa shape index (κ2) is 33.2. The van der Waals surface area contributed by atoms with Crippen LogP contribution in [0.15, 0.2) is 127 Å². The van der Waals surface area contributed by atoms with E-state index in [4.69, 9.17) is 18.9 Å². The fourth-order valence-electron chi connectivity index (χ4n) is 17.8. The third kappa shape index (κ3) is 16.7. The fourth-order valence-corrected chi connectivity index (χ4v) is 17.8. The third-order valence-corrected chi connectivity index (χ3v) is 24.1. The van der Waals surface area contributed by atoms with Gasteiger partial charge in [-0.25, -0.2) is 14.4 Å². The number of allylic oxidation sites excluding steroid dienone is 4. The summed E-state index contributed by atoms with van der Waals surface area (Å²) in [6.07, 6.45) is 13.6. The number of anilines is 4. The Balaban J connectivity index is 0.000000206. The lowest BCUT2D eigenvalue weighted by Gasteiger charge is -2.59. The predicted molar refractivity (Wildman–Crippen MR) is 404 cm³/mol. The van der Waals surface area contributed by atoms with Crippen molar-refractivity contribution in [1.82, 2.24) is 40.7 Å². The second-order valence-electron chi connectivity index (χ2n) is 31.1. The molecule has 3 saturated carbocycles. The van der Waals surface area contributed by atoms with E-state index in [2.05, 4.69) is 63.2 Å². The number of amides is 7. The van der Waals surface area contributed by atoms with Crippen LogP contribution in [0.1, 0.15) is 126 Å². The Kier molecular flexibility index (Phi) is 23.7. The van der Waals surface area contributed by atoms with E-state index in [1.807, 2.05) is 74.5 Å². The molecule has 7 heterocycles. The van der Waals surface area contributed by atoms with Crippen molar-refractivity contribution in [1.29, 1.82) is 0 Å². The van der Waals surface area contributed by atoms with E-state index in [-0.39, 0.29) is 92.8 Å². The van der Waals surface area contributed by atoms with E-state index < -0.39 is 69.0 Å². The number of carbonyl (C=O) groups excluding carboxylic acids is 8. The zero-order valence-electron chi connectivity index (χ0n) is 62.7. The lowest BCUT2D eigenvalue weighted by Crippen LogP contribution is -2.66. The average molecular weight is 1510 g/mol. The number of ether oxygens (including phenoxy) is 4. The van der Waals surface area contributed by atoms with E-state index in [0.717, 1.165) is 73.8 Å². The molecule has 110 heavy (non-hydrogen) atoms. The Bertz CT molecular complexity index is 4400. The fraction of sp³-hybridized carbons (Fsp3) is 0.506. The topological polar surface area (TPSA) is 343 Å². The standard InChI is InChI=1S/C50H53N9O6.C33H45FN2O9/c1-35-32-39(11-16-42(35)54-48-52-24-18-43(55-48)38-6-3-23-51-33-38)53-45(61)37-9-7-36(8-10-37)34-58-29-27-57(28-30-58)25-4-19-49(2,64)20-5-31-65-41-14-12-40(13-15-41)59-26-22-50(47(59)63)21-17-44(60)56-46(50)62;1-19-15-23-24-4-3-20-16-21(37)5-8-30(20,2)33(24,34)26(38)17-25(23)32(19,42)29(41)35-10-12-44-14-13-43-11-7-22-18-31(45-22)9-6-27(39)36-28(31)40/h3,6-16,18,23-24,32-33,64H,4,17,19,21-22,25-31,34H2,1-2H3,(H,53,61)(H,52,54,55)(H,56,60,62);5,8,16,19,22-26,38,42H,3-4,6-7,9-15,17-18H2,1-2H3,(H,35,41)(H,36,39,40)/t49?,50-;19-,22+,23-,24+,25+,26+,30+,31+,32-,33+/m11/s1. The van der Waals surface area contributed by atoms with Crippen LogP contribution in [0.3, 0.4) is 0 Å². The number of aryl methyl sites for hydroxylation is 1. The molecule has 2 spiro atoms. The van der Waals surface area contributed by atoms with Crippen LogP contribution in [-0.2, 0) is 54.3 Å². The number of ketones is 1. The van der Waals surface area contributed by atoms with Crippen LogP contribution in [0.5, 0.6) is 5.75 Å². The van der Waals surface area contributed by atoms with Gasteiger partial charge < -0.3 is 60.0 Å². The van der Waals surface area contributed by atoms with Gasteiger partial charge in [-0.3, -0.25) is 58.9 Å². The van der Waals surface area contributed by atoms with Gasteiger partial charge in [0.05, 0.1) is 37.7 Å². The number of benzene rings is 3. The van der Waals surface area contributed by atoms with Gasteiger partial charge in [0.2, 0.25) is 29.6 Å². The second-order valence-corrected chi connectivity index (χ2v) is 31.1. The number of rotatable bonds is 24. The van der Waals surface area contributed by atoms with Crippen LogP contribution in [0, 0.1) is 53.3 Å². The lowest BCUT2D eigenvalue weighted by atomic mass is 9.48. The third-order valence-electron chi connectivity index (χ3n) is 24.1. The van der Waals surface area contributed by atoms with Crippen molar-refractivity contribution in [3.8, 4) is 28.8 Å². The molecule has 3 aromatic carbocycles. The number of alkyl halides is 1. The largest absolute Gasteiger partial charge is 0.481 e. The zero-order chi connectivity index (χ0) is 77.6. The van der Waals surface area contributed by atoms with Gasteiger partial charge in [0.25, 0.3) is 17.7 Å². The number of hydrogen-bond acceptors (Lipinski definition) is 21. The highest BCUT2D eigenvalue weighted by atomic mass is 19.1. The predicted octanol–water partition coefficient (Wildman–Crippen LogP) is 7.18. The maximum absolute atomic E-state index is 17.1. The molecular weight excluding hydrogens is 1410 g/mol. The van der Waals surface area contributed by atoms with Crippen molar-refractivity contribution >= 4 is 70.1 Å². The normalized spacial score (nSPS) is 28.9. The summed E-state index contributed by atoms with van der Waals surface area (Å²) in [6.45, 7) is 14.6. The van der Waals surface area contributed by atoms with Gasteiger partial charge in [-0.15, -0.1) is 0 Å². The summed E-state index contributed by atoms with van der Waals surface area (Å²) in [7, 11) is 0. The molecule has 1 unspecified atom stereocenters. The molecule has 5 aliphatic heterocycles. The molecule has 14 rings (SSSR count). The maximum Gasteiger partial charge on any atom is 0.258 e. The molecule has 7 amide bonds. The van der Waals surface area contributed by atoms with Crippen molar-refractivity contribution in [3.05, 3.63) is 144 Å². The van der Waals surface area contributed by atoms with Crippen LogP contribution in [0.4, 0.5) is 27.4 Å². The number of aliphatic hydroxyl groups is 3. The van der Waals surface area contributed by atoms with Gasteiger partial charge in [-0.2, -0.15) is 0 Å². The van der Waals surface area contributed by atoms with Crippen molar-refractivity contribution in [2.24, 2.45) is 34.5 Å². The number of fused-ring (bicyclic) bond motifs is 5. The molecule has 0 bridgehead atoms. The van der Waals surface area contributed by atoms with Gasteiger partial charge in [0.1, 0.15) is 34.6 Å². The van der Waals surface area contributed by atoms with Crippen LogP contribution in [0.25, 0.3) is 11.3 Å². The first kappa shape index (κ1) is 78.6. The van der Waals surface area contributed by atoms with E-state index in [1.165, 1.54) is 12.2 Å². The summed E-state index contributed by atoms with van der Waals surface area (Å²) < 4.78 is 39.9. The van der Waals surface area contributed by atoms with Crippen molar-refractivity contribution in [3.63, 3.8) is 0 Å². The van der Waals surface area contributed by atoms with E-state index >= 15 is 4.39 Å². The number of carbonyl (C=O) groups is 8. The number of pyridine rings is 1. The average Bonchev–Trinajstić information content (AvgIpc) is 1.37. The SMILES string of the molecule is C[C@@H]1C[C@H]2[C@H](C[C@H](O)[C@@]3(F)[C@H]2CCC2=CC(=O)C=C[C@@]23C)[C@@]1(O)C(=O)NCCOCCOCC[C@H]1C[C@]2(CCC(=O)NC2=O)O1.Cc1cc(NC(=O)c2ccc(CN3CCN(CCCC(C)(O)C#CCOc4ccc(N5CC[C@@]6(CCC(=O)NC6=O)C5=O)cc4)CC3)cc2)ccc1Nc1nccc(-c2cccnc2)n1. The maximum atomic E-state index is 17.1. The van der Waals surface area contributed by atoms with Gasteiger partial charge in [-0.1, -0.05) is 42.5 Å². The number of hydrogen-bond donors (Lipinski definition) is 8. The Morgan fingerprint density at radius 1 is 0.845 bits per heavy atom. The molecule has 5 aromatic rings. The molecule has 8 fully saturated rings. The van der Waals surface area contributed by atoms with Gasteiger partial charge in [-0.05, 0) is 199 Å². The molecule has 12 atom stereocenters. The van der Waals surface area contributed by atoms with Crippen LogP contribution < -0.4 is 36.2 Å². The number of aromatic nitrogens is 3. The Labute approximate surface area is 639 Å². The highest BCUT2D eigenvalue weighted by molar-refractivity contribution is 6.18. The molecule has 582 valence electrons. The highest BCUT2D eigenvalue weighted by Crippen LogP contribution is 2.67. The first-order valence-corrected chi connectivity index (χ1v) is 38.4. The molecular formula is C83H98FN11O15. The minimum Gasteiger partial charge on any atom is -0.481 e. The minimum atomic E-state index is -1.99. The number of imide groups is 2. The summed E-state index contributed by atoms with van der Waals surface area (Å²) in [5.74, 6) is 2.49. The number of halogens is 1. The van der Waals surface area contributed by atoms with Crippen LogP contribution >= 0.6 is 0 Å². The molecule has 9 aliphatic rings. The minimum absolute atomic E-state index is 0.0375. The number of piperidine rings is 2. The monoisotopic (exact) mass is 1510 g/mol. The first-order chi connectivity index (χ1) is 52.8. The molecule has 27 heteroatoms. The van der Waals surface area contributed by atoms with Crippen molar-refractivity contribution in [2.75, 3.05) is 94.4 Å². The molecule has 0 radical (unpaired) electrons. The summed E-state index contributed by atoms with van der Waals surface area (Å²) >= 11 is 0. The van der Waals surface area contributed by atoms with Gasteiger partial charge in [0, 0.05) is 136 Å². The number of piperazine rings is 1. The Morgan fingerprint density at radius 3 is 2.31 bits per heavy atom. The highest BCUT2D eigenvalue weighted by Gasteiger charge is 2.72. The van der Waals surface area contributed by atoms with Crippen LogP contribution in [0.2, 0.25) is 0 Å². The van der Waals surface area contributed by atoms with Crippen molar-refractivity contribution < 1.29 is 77.0 Å². The first-order valence-electron chi connectivity index (χ1n) is 38.4. The zero-order valence-corrected chi connectivity index (χ0v) is 62.7.